The monoisotopic (exact) mass is 348 g/mol. The third-order valence-corrected chi connectivity index (χ3v) is 4.86. The molecule has 0 saturated heterocycles. The molecule has 2 rings (SSSR count). The van der Waals surface area contributed by atoms with Crippen molar-refractivity contribution in [1.82, 2.24) is 9.97 Å². The second-order valence-electron chi connectivity index (χ2n) is 4.94. The maximum Gasteiger partial charge on any atom is 0.151 e. The number of hydrogen-bond donors (Lipinski definition) is 5. The number of aryl methyl sites for hydroxylation is 1. The Kier molecular flexibility index (Phi) is 6.54. The molecule has 0 fully saturated rings. The van der Waals surface area contributed by atoms with Crippen LogP contribution < -0.4 is 11.5 Å². The van der Waals surface area contributed by atoms with Crippen LogP contribution in [0.2, 0.25) is 0 Å². The average Bonchev–Trinajstić information content (AvgIpc) is 3.02. The molecular weight excluding hydrogens is 328 g/mol. The van der Waals surface area contributed by atoms with Crippen LogP contribution in [0.25, 0.3) is 0 Å². The van der Waals surface area contributed by atoms with E-state index in [0.717, 1.165) is 23.4 Å². The van der Waals surface area contributed by atoms with Gasteiger partial charge in [-0.3, -0.25) is 10.8 Å². The number of nitrogens with two attached hydrogens (primary N) is 2. The van der Waals surface area contributed by atoms with E-state index in [-0.39, 0.29) is 16.3 Å². The minimum absolute atomic E-state index is 0.118. The van der Waals surface area contributed by atoms with Crippen LogP contribution in [0.15, 0.2) is 36.8 Å². The smallest absolute Gasteiger partial charge is 0.151 e. The summed E-state index contributed by atoms with van der Waals surface area (Å²) in [5, 5.41) is 14.9. The zero-order chi connectivity index (χ0) is 16.7. The normalized spacial score (nSPS) is 12.0. The van der Waals surface area contributed by atoms with Crippen LogP contribution in [0.5, 0.6) is 0 Å². The van der Waals surface area contributed by atoms with Crippen LogP contribution in [-0.2, 0) is 6.42 Å². The highest BCUT2D eigenvalue weighted by Gasteiger charge is 2.16. The Bertz CT molecular complexity index is 638. The number of nitrogens with one attached hydrogen (secondary N) is 3. The summed E-state index contributed by atoms with van der Waals surface area (Å²) in [6.07, 6.45) is 4.35. The molecule has 1 aromatic heterocycles. The molecule has 0 aliphatic heterocycles. The molecule has 1 heterocycles. The van der Waals surface area contributed by atoms with Gasteiger partial charge in [0.15, 0.2) is 10.3 Å². The van der Waals surface area contributed by atoms with Crippen LogP contribution >= 0.6 is 23.5 Å². The number of aromatic amines is 1. The number of benzene rings is 1. The number of hydrogen-bond acceptors (Lipinski definition) is 5. The van der Waals surface area contributed by atoms with Crippen molar-refractivity contribution in [3.8, 4) is 0 Å². The highest BCUT2D eigenvalue weighted by Crippen LogP contribution is 2.27. The minimum Gasteiger partial charge on any atom is -0.379 e. The predicted octanol–water partition coefficient (Wildman–Crippen LogP) is 2.34. The molecule has 0 aliphatic rings. The molecule has 0 aliphatic carbocycles. The highest BCUT2D eigenvalue weighted by molar-refractivity contribution is 8.13. The third kappa shape index (κ3) is 5.65. The van der Waals surface area contributed by atoms with E-state index in [1.807, 2.05) is 6.20 Å². The lowest BCUT2D eigenvalue weighted by Crippen LogP contribution is -2.11. The van der Waals surface area contributed by atoms with Gasteiger partial charge in [-0.15, -0.1) is 0 Å². The molecular formula is C15H20N6S2. The van der Waals surface area contributed by atoms with Gasteiger partial charge in [-0.1, -0.05) is 47.8 Å². The topological polar surface area (TPSA) is 128 Å². The largest absolute Gasteiger partial charge is 0.379 e. The fourth-order valence-corrected chi connectivity index (χ4v) is 3.47. The lowest BCUT2D eigenvalue weighted by molar-refractivity contribution is 0.896. The van der Waals surface area contributed by atoms with Gasteiger partial charge in [-0.25, -0.2) is 4.98 Å². The van der Waals surface area contributed by atoms with Gasteiger partial charge in [-0.2, -0.15) is 0 Å². The standard InChI is InChI=1S/C15H20N6S2/c16-14(17)22-6-5-10-1-3-11(4-2-10)12(8-23-15(18)19)13-7-20-9-21-13/h1-4,7,9,12H,5-6,8H2,(H3,16,17)(H3,18,19)(H,20,21)/t12-/m0/s1. The molecule has 7 N–H and O–H groups in total. The van der Waals surface area contributed by atoms with Gasteiger partial charge >= 0.3 is 0 Å². The number of rotatable bonds is 7. The second-order valence-corrected chi connectivity index (χ2v) is 7.14. The van der Waals surface area contributed by atoms with Crippen LogP contribution in [0.1, 0.15) is 22.7 Å². The summed E-state index contributed by atoms with van der Waals surface area (Å²) in [5.74, 6) is 1.61. The maximum absolute atomic E-state index is 7.41. The van der Waals surface area contributed by atoms with E-state index < -0.39 is 0 Å². The Morgan fingerprint density at radius 3 is 2.39 bits per heavy atom. The Hall–Kier alpha value is -1.93. The van der Waals surface area contributed by atoms with E-state index in [1.165, 1.54) is 29.1 Å². The number of imidazole rings is 1. The van der Waals surface area contributed by atoms with Crippen molar-refractivity contribution in [2.75, 3.05) is 11.5 Å². The van der Waals surface area contributed by atoms with Gasteiger partial charge in [0.25, 0.3) is 0 Å². The first-order chi connectivity index (χ1) is 11.1. The zero-order valence-corrected chi connectivity index (χ0v) is 14.2. The first-order valence-corrected chi connectivity index (χ1v) is 9.04. The molecule has 2 aromatic rings. The van der Waals surface area contributed by atoms with Crippen molar-refractivity contribution in [2.45, 2.75) is 12.3 Å². The molecule has 1 aromatic carbocycles. The summed E-state index contributed by atoms with van der Waals surface area (Å²) in [6, 6.07) is 8.38. The molecule has 122 valence electrons. The Labute approximate surface area is 143 Å². The third-order valence-electron chi connectivity index (χ3n) is 3.33. The molecule has 1 atom stereocenters. The summed E-state index contributed by atoms with van der Waals surface area (Å²) in [6.45, 7) is 0. The van der Waals surface area contributed by atoms with Crippen molar-refractivity contribution in [3.05, 3.63) is 53.6 Å². The highest BCUT2D eigenvalue weighted by atomic mass is 32.2. The predicted molar refractivity (Wildman–Crippen MR) is 99.3 cm³/mol. The number of thioether (sulfide) groups is 2. The Morgan fingerprint density at radius 1 is 1.13 bits per heavy atom. The minimum atomic E-state index is 0.118. The van der Waals surface area contributed by atoms with Gasteiger partial charge in [-0.05, 0) is 17.5 Å². The van der Waals surface area contributed by atoms with Gasteiger partial charge < -0.3 is 16.5 Å². The summed E-state index contributed by atoms with van der Waals surface area (Å²) in [7, 11) is 0. The number of H-pyrrole nitrogens is 1. The fourth-order valence-electron chi connectivity index (χ4n) is 2.19. The van der Waals surface area contributed by atoms with Crippen molar-refractivity contribution in [1.29, 1.82) is 10.8 Å². The Morgan fingerprint density at radius 2 is 1.83 bits per heavy atom. The van der Waals surface area contributed by atoms with Crippen LogP contribution in [-0.4, -0.2) is 31.8 Å². The second kappa shape index (κ2) is 8.64. The van der Waals surface area contributed by atoms with Crippen LogP contribution in [0.4, 0.5) is 0 Å². The molecule has 0 amide bonds. The maximum atomic E-state index is 7.41. The molecule has 0 spiro atoms. The van der Waals surface area contributed by atoms with Crippen molar-refractivity contribution >= 4 is 33.9 Å². The van der Waals surface area contributed by atoms with E-state index in [0.29, 0.717) is 5.75 Å². The quantitative estimate of drug-likeness (QED) is 0.387. The molecule has 6 nitrogen and oxygen atoms in total. The van der Waals surface area contributed by atoms with E-state index in [9.17, 15) is 0 Å². The summed E-state index contributed by atoms with van der Waals surface area (Å²) < 4.78 is 0. The van der Waals surface area contributed by atoms with Crippen molar-refractivity contribution in [3.63, 3.8) is 0 Å². The van der Waals surface area contributed by atoms with Crippen LogP contribution in [0.3, 0.4) is 0 Å². The van der Waals surface area contributed by atoms with E-state index in [2.05, 4.69) is 34.2 Å². The van der Waals surface area contributed by atoms with Gasteiger partial charge in [0.05, 0.1) is 6.33 Å². The van der Waals surface area contributed by atoms with Crippen LogP contribution in [0, 0.1) is 10.8 Å². The molecule has 8 heteroatoms. The van der Waals surface area contributed by atoms with Gasteiger partial charge in [0.2, 0.25) is 0 Å². The lowest BCUT2D eigenvalue weighted by atomic mass is 9.96. The fraction of sp³-hybridized carbons (Fsp3) is 0.267. The zero-order valence-electron chi connectivity index (χ0n) is 12.6. The molecule has 23 heavy (non-hydrogen) atoms. The number of aromatic nitrogens is 2. The first kappa shape index (κ1) is 17.4. The molecule has 0 radical (unpaired) electrons. The Balaban J connectivity index is 2.06. The summed E-state index contributed by atoms with van der Waals surface area (Å²) in [4.78, 5) is 7.23. The van der Waals surface area contributed by atoms with Crippen molar-refractivity contribution in [2.24, 2.45) is 11.5 Å². The van der Waals surface area contributed by atoms with E-state index in [4.69, 9.17) is 22.3 Å². The lowest BCUT2D eigenvalue weighted by Gasteiger charge is -2.15. The summed E-state index contributed by atoms with van der Waals surface area (Å²) in [5.41, 5.74) is 14.2. The average molecular weight is 349 g/mol. The van der Waals surface area contributed by atoms with E-state index >= 15 is 0 Å². The van der Waals surface area contributed by atoms with E-state index in [1.54, 1.807) is 6.33 Å². The van der Waals surface area contributed by atoms with Gasteiger partial charge in [0, 0.05) is 29.3 Å². The summed E-state index contributed by atoms with van der Waals surface area (Å²) >= 11 is 2.68. The molecule has 0 bridgehead atoms. The first-order valence-electron chi connectivity index (χ1n) is 7.07. The van der Waals surface area contributed by atoms with Crippen molar-refractivity contribution < 1.29 is 0 Å². The number of amidine groups is 2. The van der Waals surface area contributed by atoms with Gasteiger partial charge in [0.1, 0.15) is 0 Å². The molecule has 0 saturated carbocycles. The molecule has 0 unspecified atom stereocenters. The SMILES string of the molecule is N=C(N)SCCc1ccc([C@H](CSC(=N)N)c2cnc[nH]2)cc1. The number of nitrogens with zero attached hydrogens (tertiary/aromatic N) is 1.